The van der Waals surface area contributed by atoms with Crippen molar-refractivity contribution in [3.8, 4) is 0 Å². The van der Waals surface area contributed by atoms with E-state index < -0.39 is 0 Å². The normalized spacial score (nSPS) is 19.5. The molecule has 0 bridgehead atoms. The lowest BCUT2D eigenvalue weighted by Crippen LogP contribution is -2.53. The Balaban J connectivity index is 1.45. The zero-order valence-electron chi connectivity index (χ0n) is 17.7. The van der Waals surface area contributed by atoms with Gasteiger partial charge in [-0.25, -0.2) is 9.80 Å². The van der Waals surface area contributed by atoms with Gasteiger partial charge >= 0.3 is 6.03 Å². The Morgan fingerprint density at radius 1 is 1.13 bits per heavy atom. The summed E-state index contributed by atoms with van der Waals surface area (Å²) in [5.74, 6) is 0.625. The first-order valence-electron chi connectivity index (χ1n) is 10.3. The first-order chi connectivity index (χ1) is 14.9. The molecule has 164 valence electrons. The number of halogens is 1. The van der Waals surface area contributed by atoms with Crippen molar-refractivity contribution in [1.29, 1.82) is 0 Å². The summed E-state index contributed by atoms with van der Waals surface area (Å²) < 4.78 is 5.60. The smallest absolute Gasteiger partial charge is 0.319 e. The quantitative estimate of drug-likeness (QED) is 0.728. The number of carbonyl (C=O) groups is 2. The predicted molar refractivity (Wildman–Crippen MR) is 118 cm³/mol. The van der Waals surface area contributed by atoms with Crippen molar-refractivity contribution in [2.45, 2.75) is 12.5 Å². The highest BCUT2D eigenvalue weighted by Crippen LogP contribution is 2.33. The fraction of sp³-hybridized carbons (Fsp3) is 0.409. The van der Waals surface area contributed by atoms with Crippen LogP contribution in [0.25, 0.3) is 0 Å². The van der Waals surface area contributed by atoms with Crippen LogP contribution < -0.4 is 0 Å². The molecule has 3 heterocycles. The van der Waals surface area contributed by atoms with Gasteiger partial charge in [-0.3, -0.25) is 9.69 Å². The van der Waals surface area contributed by atoms with E-state index in [9.17, 15) is 9.59 Å². The molecule has 1 aromatic carbocycles. The van der Waals surface area contributed by atoms with Crippen LogP contribution >= 0.6 is 11.6 Å². The van der Waals surface area contributed by atoms with Gasteiger partial charge in [-0.2, -0.15) is 5.10 Å². The molecule has 0 saturated carbocycles. The summed E-state index contributed by atoms with van der Waals surface area (Å²) in [6.07, 6.45) is 2.19. The van der Waals surface area contributed by atoms with Gasteiger partial charge in [-0.15, -0.1) is 0 Å². The second-order valence-electron chi connectivity index (χ2n) is 7.97. The van der Waals surface area contributed by atoms with Gasteiger partial charge in [0.15, 0.2) is 0 Å². The first-order valence-corrected chi connectivity index (χ1v) is 10.7. The lowest BCUT2D eigenvalue weighted by atomic mass is 10.0. The van der Waals surface area contributed by atoms with Crippen LogP contribution in [0.15, 0.2) is 52.2 Å². The number of carbonyl (C=O) groups excluding carboxylic acids is 2. The summed E-state index contributed by atoms with van der Waals surface area (Å²) in [5.41, 5.74) is 1.76. The summed E-state index contributed by atoms with van der Waals surface area (Å²) in [7, 11) is 3.49. The average molecular weight is 444 g/mol. The maximum Gasteiger partial charge on any atom is 0.319 e. The zero-order valence-corrected chi connectivity index (χ0v) is 18.5. The fourth-order valence-corrected chi connectivity index (χ4v) is 4.03. The van der Waals surface area contributed by atoms with E-state index in [1.165, 1.54) is 0 Å². The van der Waals surface area contributed by atoms with Crippen molar-refractivity contribution in [3.63, 3.8) is 0 Å². The number of urea groups is 1. The molecule has 0 spiro atoms. The summed E-state index contributed by atoms with van der Waals surface area (Å²) in [5, 5.41) is 6.86. The highest BCUT2D eigenvalue weighted by atomic mass is 35.5. The van der Waals surface area contributed by atoms with Gasteiger partial charge < -0.3 is 14.2 Å². The van der Waals surface area contributed by atoms with Gasteiger partial charge in [0.2, 0.25) is 0 Å². The summed E-state index contributed by atoms with van der Waals surface area (Å²) in [6, 6.07) is 10.9. The van der Waals surface area contributed by atoms with Crippen LogP contribution in [0.1, 0.15) is 23.8 Å². The van der Waals surface area contributed by atoms with Crippen molar-refractivity contribution >= 4 is 29.3 Å². The summed E-state index contributed by atoms with van der Waals surface area (Å²) >= 11 is 6.01. The number of amides is 3. The molecule has 2 aromatic rings. The number of benzene rings is 1. The molecule has 1 fully saturated rings. The zero-order chi connectivity index (χ0) is 22.0. The third-order valence-corrected chi connectivity index (χ3v) is 5.85. The molecule has 3 amide bonds. The Morgan fingerprint density at radius 2 is 1.84 bits per heavy atom. The maximum absolute atomic E-state index is 13.2. The number of rotatable bonds is 4. The Morgan fingerprint density at radius 3 is 2.45 bits per heavy atom. The van der Waals surface area contributed by atoms with Crippen LogP contribution in [0.5, 0.6) is 0 Å². The van der Waals surface area contributed by atoms with E-state index in [2.05, 4.69) is 10.0 Å². The highest BCUT2D eigenvalue weighted by Gasteiger charge is 2.36. The molecule has 8 nitrogen and oxygen atoms in total. The number of piperazine rings is 1. The van der Waals surface area contributed by atoms with E-state index >= 15 is 0 Å². The molecule has 2 aliphatic heterocycles. The molecule has 2 aliphatic rings. The van der Waals surface area contributed by atoms with Crippen molar-refractivity contribution in [2.24, 2.45) is 5.10 Å². The molecule has 0 radical (unpaired) electrons. The Hall–Kier alpha value is -2.84. The highest BCUT2D eigenvalue weighted by molar-refractivity contribution is 6.30. The molecule has 1 saturated heterocycles. The van der Waals surface area contributed by atoms with Gasteiger partial charge in [0.05, 0.1) is 18.5 Å². The molecular weight excluding hydrogens is 418 g/mol. The lowest BCUT2D eigenvalue weighted by molar-refractivity contribution is -0.134. The number of nitrogens with zero attached hydrogens (tertiary/aromatic N) is 5. The van der Waals surface area contributed by atoms with E-state index in [-0.39, 0.29) is 24.5 Å². The van der Waals surface area contributed by atoms with Crippen LogP contribution in [-0.2, 0) is 4.79 Å². The van der Waals surface area contributed by atoms with E-state index in [1.54, 1.807) is 35.2 Å². The van der Waals surface area contributed by atoms with Gasteiger partial charge in [0.25, 0.3) is 5.91 Å². The van der Waals surface area contributed by atoms with Gasteiger partial charge in [0.1, 0.15) is 11.8 Å². The van der Waals surface area contributed by atoms with Crippen molar-refractivity contribution in [3.05, 3.63) is 59.0 Å². The second-order valence-corrected chi connectivity index (χ2v) is 8.40. The van der Waals surface area contributed by atoms with E-state index in [1.807, 2.05) is 36.4 Å². The summed E-state index contributed by atoms with van der Waals surface area (Å²) in [6.45, 7) is 2.76. The number of furan rings is 1. The molecule has 0 N–H and O–H groups in total. The number of hydrogen-bond donors (Lipinski definition) is 0. The molecule has 31 heavy (non-hydrogen) atoms. The van der Waals surface area contributed by atoms with Crippen LogP contribution in [0, 0.1) is 0 Å². The largest absolute Gasteiger partial charge is 0.467 e. The lowest BCUT2D eigenvalue weighted by Gasteiger charge is -2.36. The van der Waals surface area contributed by atoms with E-state index in [4.69, 9.17) is 16.0 Å². The summed E-state index contributed by atoms with van der Waals surface area (Å²) in [4.78, 5) is 30.8. The molecule has 9 heteroatoms. The van der Waals surface area contributed by atoms with Gasteiger partial charge in [0, 0.05) is 51.7 Å². The standard InChI is InChI=1S/C22H26ClN5O3/c1-25(2)22(30)27-11-9-26(10-12-27)15-21(29)28-19(20-4-3-13-31-20)14-18(24-28)16-5-7-17(23)8-6-16/h3-8,13,19H,9-12,14-15H2,1-2H3. The number of hydrazone groups is 1. The van der Waals surface area contributed by atoms with Crippen LogP contribution in [-0.4, -0.2) is 84.2 Å². The third kappa shape index (κ3) is 4.75. The van der Waals surface area contributed by atoms with Crippen molar-refractivity contribution < 1.29 is 14.0 Å². The molecule has 1 atom stereocenters. The van der Waals surface area contributed by atoms with Crippen molar-refractivity contribution in [1.82, 2.24) is 19.7 Å². The van der Waals surface area contributed by atoms with Crippen LogP contribution in [0.4, 0.5) is 4.79 Å². The van der Waals surface area contributed by atoms with Crippen LogP contribution in [0.3, 0.4) is 0 Å². The Bertz CT molecular complexity index is 950. The fourth-order valence-electron chi connectivity index (χ4n) is 3.90. The first kappa shape index (κ1) is 21.4. The van der Waals surface area contributed by atoms with Gasteiger partial charge in [-0.05, 0) is 29.8 Å². The average Bonchev–Trinajstić information content (AvgIpc) is 3.44. The molecular formula is C22H26ClN5O3. The number of hydrogen-bond acceptors (Lipinski definition) is 5. The van der Waals surface area contributed by atoms with Crippen molar-refractivity contribution in [2.75, 3.05) is 46.8 Å². The molecule has 0 aliphatic carbocycles. The minimum atomic E-state index is -0.273. The SMILES string of the molecule is CN(C)C(=O)N1CCN(CC(=O)N2N=C(c3ccc(Cl)cc3)CC2c2ccco2)CC1. The third-order valence-electron chi connectivity index (χ3n) is 5.60. The molecule has 1 unspecified atom stereocenters. The van der Waals surface area contributed by atoms with E-state index in [0.717, 1.165) is 11.3 Å². The Labute approximate surface area is 186 Å². The van der Waals surface area contributed by atoms with Gasteiger partial charge in [-0.1, -0.05) is 23.7 Å². The minimum absolute atomic E-state index is 0.000564. The second kappa shape index (κ2) is 9.11. The minimum Gasteiger partial charge on any atom is -0.467 e. The maximum atomic E-state index is 13.2. The molecule has 4 rings (SSSR count). The predicted octanol–water partition coefficient (Wildman–Crippen LogP) is 2.91. The van der Waals surface area contributed by atoms with Crippen LogP contribution in [0.2, 0.25) is 5.02 Å². The molecule has 1 aromatic heterocycles. The van der Waals surface area contributed by atoms with E-state index in [0.29, 0.717) is 43.4 Å². The monoisotopic (exact) mass is 443 g/mol. The Kier molecular flexibility index (Phi) is 6.29. The topological polar surface area (TPSA) is 72.6 Å².